The molecule has 8 nitrogen and oxygen atoms in total. The summed E-state index contributed by atoms with van der Waals surface area (Å²) >= 11 is 0. The van der Waals surface area contributed by atoms with Crippen LogP contribution in [0.1, 0.15) is 26.7 Å². The molecule has 1 rings (SSSR count). The summed E-state index contributed by atoms with van der Waals surface area (Å²) < 4.78 is 0. The Labute approximate surface area is 148 Å². The van der Waals surface area contributed by atoms with Gasteiger partial charge in [-0.3, -0.25) is 9.59 Å². The van der Waals surface area contributed by atoms with Crippen molar-refractivity contribution >= 4 is 43.8 Å². The summed E-state index contributed by atoms with van der Waals surface area (Å²) in [4.78, 5) is 25.1. The number of nitrogens with zero attached hydrogens (tertiary/aromatic N) is 1. The van der Waals surface area contributed by atoms with Crippen LogP contribution < -0.4 is 11.5 Å². The van der Waals surface area contributed by atoms with Gasteiger partial charge in [-0.05, 0) is 32.5 Å². The van der Waals surface area contributed by atoms with E-state index in [9.17, 15) is 14.7 Å². The van der Waals surface area contributed by atoms with E-state index in [-0.39, 0.29) is 49.4 Å². The van der Waals surface area contributed by atoms with Crippen LogP contribution in [0.25, 0.3) is 0 Å². The molecule has 1 aliphatic rings. The molecule has 11 heteroatoms. The Bertz CT molecular complexity index is 416. The number of carboxylic acids is 1. The Morgan fingerprint density at radius 2 is 1.91 bits per heavy atom. The zero-order valence-electron chi connectivity index (χ0n) is 13.2. The third kappa shape index (κ3) is 5.77. The molecule has 0 aliphatic carbocycles. The fourth-order valence-corrected chi connectivity index (χ4v) is 2.81. The lowest BCUT2D eigenvalue weighted by Gasteiger charge is -2.47. The standard InChI is InChI=1S/C12H24BN3O5.2ClH/c1-7(14)10(17)16-6-9(3-4-13(20)21)5-12(15,8(16)2)11(18)19;;/h7-9,20-21H,3-6,14-15H2,1-2H3,(H,18,19);2*1H/t7-,8-,9-,12+;;/m0../s1. The zero-order chi connectivity index (χ0) is 16.4. The number of piperidine rings is 1. The van der Waals surface area contributed by atoms with Crippen molar-refractivity contribution in [2.24, 2.45) is 17.4 Å². The summed E-state index contributed by atoms with van der Waals surface area (Å²) in [6.45, 7) is 3.46. The van der Waals surface area contributed by atoms with E-state index in [4.69, 9.17) is 21.5 Å². The lowest BCUT2D eigenvalue weighted by atomic mass is 9.72. The zero-order valence-corrected chi connectivity index (χ0v) is 14.8. The maximum Gasteiger partial charge on any atom is 0.451 e. The number of halogens is 2. The van der Waals surface area contributed by atoms with Gasteiger partial charge in [0.25, 0.3) is 0 Å². The molecule has 1 fully saturated rings. The average Bonchev–Trinajstić information content (AvgIpc) is 2.38. The minimum absolute atomic E-state index is 0. The molecule has 4 atom stereocenters. The first-order valence-corrected chi connectivity index (χ1v) is 7.04. The van der Waals surface area contributed by atoms with E-state index in [1.165, 1.54) is 11.8 Å². The molecule has 0 unspecified atom stereocenters. The molecule has 1 saturated heterocycles. The Hall–Kier alpha value is -0.575. The molecule has 1 amide bonds. The van der Waals surface area contributed by atoms with Crippen LogP contribution >= 0.6 is 24.8 Å². The summed E-state index contributed by atoms with van der Waals surface area (Å²) in [5.74, 6) is -1.74. The van der Waals surface area contributed by atoms with Crippen LogP contribution in [0.4, 0.5) is 0 Å². The molecule has 0 bridgehead atoms. The van der Waals surface area contributed by atoms with Crippen molar-refractivity contribution in [3.8, 4) is 0 Å². The van der Waals surface area contributed by atoms with Gasteiger partial charge in [-0.15, -0.1) is 24.8 Å². The summed E-state index contributed by atoms with van der Waals surface area (Å²) in [5, 5.41) is 27.3. The molecule has 0 aromatic carbocycles. The quantitative estimate of drug-likeness (QED) is 0.390. The minimum atomic E-state index is -1.56. The van der Waals surface area contributed by atoms with E-state index >= 15 is 0 Å². The number of carboxylic acid groups (broad SMARTS) is 1. The Morgan fingerprint density at radius 3 is 2.30 bits per heavy atom. The van der Waals surface area contributed by atoms with Crippen LogP contribution in [0.3, 0.4) is 0 Å². The number of likely N-dealkylation sites (tertiary alicyclic amines) is 1. The third-order valence-electron chi connectivity index (χ3n) is 4.20. The first-order chi connectivity index (χ1) is 9.59. The SMILES string of the molecule is C[C@H](N)C(=O)N1C[C@@H](CCB(O)O)C[C@](N)(C(=O)O)[C@@H]1C.Cl.Cl. The van der Waals surface area contributed by atoms with Crippen molar-refractivity contribution < 1.29 is 24.7 Å². The molecular formula is C12H26BCl2N3O5. The summed E-state index contributed by atoms with van der Waals surface area (Å²) in [6.07, 6.45) is 0.660. The van der Waals surface area contributed by atoms with Gasteiger partial charge in [0, 0.05) is 6.54 Å². The highest BCUT2D eigenvalue weighted by Crippen LogP contribution is 2.32. The monoisotopic (exact) mass is 373 g/mol. The fraction of sp³-hybridized carbons (Fsp3) is 0.833. The minimum Gasteiger partial charge on any atom is -0.480 e. The van der Waals surface area contributed by atoms with Gasteiger partial charge < -0.3 is 31.5 Å². The predicted octanol–water partition coefficient (Wildman–Crippen LogP) is -0.941. The lowest BCUT2D eigenvalue weighted by molar-refractivity contribution is -0.154. The van der Waals surface area contributed by atoms with Crippen LogP contribution in [0, 0.1) is 5.92 Å². The largest absolute Gasteiger partial charge is 0.480 e. The summed E-state index contributed by atoms with van der Waals surface area (Å²) in [7, 11) is -1.46. The molecule has 1 heterocycles. The number of hydrogen-bond acceptors (Lipinski definition) is 6. The van der Waals surface area contributed by atoms with Gasteiger partial charge in [0.1, 0.15) is 5.54 Å². The molecule has 0 radical (unpaired) electrons. The van der Waals surface area contributed by atoms with Gasteiger partial charge >= 0.3 is 13.1 Å². The van der Waals surface area contributed by atoms with Crippen LogP contribution in [-0.4, -0.2) is 63.2 Å². The third-order valence-corrected chi connectivity index (χ3v) is 4.20. The van der Waals surface area contributed by atoms with Crippen LogP contribution in [0.2, 0.25) is 6.32 Å². The number of amides is 1. The number of carbonyl (C=O) groups is 2. The highest BCUT2D eigenvalue weighted by atomic mass is 35.5. The predicted molar refractivity (Wildman–Crippen MR) is 91.6 cm³/mol. The van der Waals surface area contributed by atoms with Gasteiger partial charge in [-0.2, -0.15) is 0 Å². The smallest absolute Gasteiger partial charge is 0.451 e. The van der Waals surface area contributed by atoms with Crippen molar-refractivity contribution in [3.05, 3.63) is 0 Å². The van der Waals surface area contributed by atoms with E-state index in [0.717, 1.165) is 0 Å². The Balaban J connectivity index is 0. The molecule has 7 N–H and O–H groups in total. The van der Waals surface area contributed by atoms with Crippen molar-refractivity contribution in [1.29, 1.82) is 0 Å². The fourth-order valence-electron chi connectivity index (χ4n) is 2.81. The number of rotatable bonds is 5. The van der Waals surface area contributed by atoms with Crippen LogP contribution in [0.15, 0.2) is 0 Å². The van der Waals surface area contributed by atoms with Gasteiger partial charge in [-0.1, -0.05) is 6.42 Å². The Kier molecular flexibility index (Phi) is 10.4. The summed E-state index contributed by atoms with van der Waals surface area (Å²) in [6, 6.07) is -1.42. The normalized spacial score (nSPS) is 28.2. The van der Waals surface area contributed by atoms with Crippen LogP contribution in [-0.2, 0) is 9.59 Å². The molecule has 1 aliphatic heterocycles. The maximum atomic E-state index is 12.2. The first-order valence-electron chi connectivity index (χ1n) is 7.04. The molecular weight excluding hydrogens is 348 g/mol. The number of hydrogen-bond donors (Lipinski definition) is 5. The highest BCUT2D eigenvalue weighted by molar-refractivity contribution is 6.40. The lowest BCUT2D eigenvalue weighted by Crippen LogP contribution is -2.69. The van der Waals surface area contributed by atoms with Crippen molar-refractivity contribution in [3.63, 3.8) is 0 Å². The van der Waals surface area contributed by atoms with E-state index in [1.54, 1.807) is 6.92 Å². The van der Waals surface area contributed by atoms with Gasteiger partial charge in [0.2, 0.25) is 5.91 Å². The van der Waals surface area contributed by atoms with E-state index in [2.05, 4.69) is 0 Å². The van der Waals surface area contributed by atoms with Crippen LogP contribution in [0.5, 0.6) is 0 Å². The number of carbonyl (C=O) groups excluding carboxylic acids is 1. The van der Waals surface area contributed by atoms with E-state index < -0.39 is 30.7 Å². The van der Waals surface area contributed by atoms with E-state index in [0.29, 0.717) is 13.0 Å². The van der Waals surface area contributed by atoms with Crippen molar-refractivity contribution in [2.45, 2.75) is 50.6 Å². The molecule has 136 valence electrons. The van der Waals surface area contributed by atoms with E-state index in [1.807, 2.05) is 0 Å². The van der Waals surface area contributed by atoms with Gasteiger partial charge in [0.15, 0.2) is 0 Å². The molecule has 23 heavy (non-hydrogen) atoms. The number of aliphatic carboxylic acids is 1. The average molecular weight is 374 g/mol. The summed E-state index contributed by atoms with van der Waals surface area (Å²) in [5.41, 5.74) is 10.1. The first kappa shape index (κ1) is 24.7. The molecule has 0 aromatic heterocycles. The molecule has 0 saturated carbocycles. The Morgan fingerprint density at radius 1 is 1.39 bits per heavy atom. The number of nitrogens with two attached hydrogens (primary N) is 2. The second kappa shape index (κ2) is 9.66. The molecule has 0 spiro atoms. The molecule has 0 aromatic rings. The van der Waals surface area contributed by atoms with Crippen molar-refractivity contribution in [2.75, 3.05) is 6.54 Å². The maximum absolute atomic E-state index is 12.2. The van der Waals surface area contributed by atoms with Crippen molar-refractivity contribution in [1.82, 2.24) is 4.90 Å². The second-order valence-corrected chi connectivity index (χ2v) is 5.93. The second-order valence-electron chi connectivity index (χ2n) is 5.93. The van der Waals surface area contributed by atoms with Gasteiger partial charge in [0.05, 0.1) is 12.1 Å². The van der Waals surface area contributed by atoms with Gasteiger partial charge in [-0.25, -0.2) is 0 Å². The topological polar surface area (TPSA) is 150 Å². The highest BCUT2D eigenvalue weighted by Gasteiger charge is 2.50.